The summed E-state index contributed by atoms with van der Waals surface area (Å²) < 4.78 is 45.9. The monoisotopic (exact) mass is 346 g/mol. The quantitative estimate of drug-likeness (QED) is 0.739. The van der Waals surface area contributed by atoms with Gasteiger partial charge >= 0.3 is 6.18 Å². The van der Waals surface area contributed by atoms with Crippen LogP contribution in [0.4, 0.5) is 13.2 Å². The molecule has 7 heteroatoms. The molecule has 0 aromatic heterocycles. The predicted octanol–water partition coefficient (Wildman–Crippen LogP) is 4.32. The third-order valence-electron chi connectivity index (χ3n) is 2.07. The lowest BCUT2D eigenvalue weighted by molar-refractivity contribution is -0.173. The highest BCUT2D eigenvalue weighted by Gasteiger charge is 2.28. The molecule has 1 unspecified atom stereocenters. The number of methoxy groups -OCH3 is 1. The van der Waals surface area contributed by atoms with Crippen molar-refractivity contribution in [1.29, 1.82) is 0 Å². The Morgan fingerprint density at radius 1 is 1.39 bits per heavy atom. The lowest BCUT2D eigenvalue weighted by atomic mass is 10.1. The van der Waals surface area contributed by atoms with Crippen LogP contribution in [0.2, 0.25) is 0 Å². The van der Waals surface area contributed by atoms with Gasteiger partial charge in [-0.3, -0.25) is 0 Å². The maximum atomic E-state index is 11.9. The van der Waals surface area contributed by atoms with Crippen molar-refractivity contribution in [2.24, 2.45) is 0 Å². The van der Waals surface area contributed by atoms with Gasteiger partial charge in [-0.15, -0.1) is 11.6 Å². The van der Waals surface area contributed by atoms with Gasteiger partial charge in [0.25, 0.3) is 0 Å². The molecule has 0 fully saturated rings. The Kier molecular flexibility index (Phi) is 5.75. The van der Waals surface area contributed by atoms with Crippen LogP contribution in [0.15, 0.2) is 22.7 Å². The van der Waals surface area contributed by atoms with Gasteiger partial charge in [0.05, 0.1) is 19.1 Å². The minimum Gasteiger partial charge on any atom is -0.497 e. The average molecular weight is 348 g/mol. The summed E-state index contributed by atoms with van der Waals surface area (Å²) in [7, 11) is 1.52. The number of hydrogen-bond donors (Lipinski definition) is 0. The van der Waals surface area contributed by atoms with E-state index in [1.165, 1.54) is 7.11 Å². The Hall–Kier alpha value is -0.460. The van der Waals surface area contributed by atoms with E-state index in [4.69, 9.17) is 16.3 Å². The number of benzene rings is 1. The van der Waals surface area contributed by atoms with Crippen LogP contribution < -0.4 is 4.74 Å². The summed E-state index contributed by atoms with van der Waals surface area (Å²) in [4.78, 5) is 0. The molecule has 0 radical (unpaired) electrons. The Morgan fingerprint density at radius 3 is 2.56 bits per heavy atom. The van der Waals surface area contributed by atoms with E-state index in [2.05, 4.69) is 20.7 Å². The van der Waals surface area contributed by atoms with Crippen molar-refractivity contribution in [3.8, 4) is 5.75 Å². The number of alkyl halides is 4. The molecular weight excluding hydrogens is 336 g/mol. The van der Waals surface area contributed by atoms with Crippen LogP contribution in [0.25, 0.3) is 0 Å². The second kappa shape index (κ2) is 6.63. The van der Waals surface area contributed by atoms with E-state index < -0.39 is 18.2 Å². The van der Waals surface area contributed by atoms with Crippen LogP contribution in [-0.2, 0) is 4.74 Å². The Bertz CT molecular complexity index is 398. The van der Waals surface area contributed by atoms with E-state index in [0.717, 1.165) is 0 Å². The number of hydrogen-bond acceptors (Lipinski definition) is 2. The minimum atomic E-state index is -4.34. The molecule has 1 rings (SSSR count). The van der Waals surface area contributed by atoms with Gasteiger partial charge in [-0.05, 0) is 17.7 Å². The van der Waals surface area contributed by atoms with E-state index in [1.807, 2.05) is 0 Å². The first kappa shape index (κ1) is 15.6. The summed E-state index contributed by atoms with van der Waals surface area (Å²) in [6, 6.07) is 5.05. The number of halogens is 5. The first-order valence-electron chi connectivity index (χ1n) is 4.95. The molecule has 0 aliphatic carbocycles. The molecule has 0 heterocycles. The van der Waals surface area contributed by atoms with Crippen molar-refractivity contribution in [3.05, 3.63) is 28.2 Å². The zero-order valence-electron chi connectivity index (χ0n) is 9.43. The smallest absolute Gasteiger partial charge is 0.411 e. The van der Waals surface area contributed by atoms with Crippen molar-refractivity contribution in [1.82, 2.24) is 0 Å². The van der Waals surface area contributed by atoms with Gasteiger partial charge in [0.15, 0.2) is 0 Å². The average Bonchev–Trinajstić information content (AvgIpc) is 2.26. The zero-order valence-corrected chi connectivity index (χ0v) is 11.8. The molecule has 18 heavy (non-hydrogen) atoms. The maximum Gasteiger partial charge on any atom is 0.411 e. The van der Waals surface area contributed by atoms with Gasteiger partial charge in [-0.1, -0.05) is 22.0 Å². The summed E-state index contributed by atoms with van der Waals surface area (Å²) >= 11 is 9.25. The van der Waals surface area contributed by atoms with Crippen molar-refractivity contribution >= 4 is 27.5 Å². The second-order valence-corrected chi connectivity index (χ2v) is 4.87. The Labute approximate surface area is 116 Å². The van der Waals surface area contributed by atoms with Gasteiger partial charge in [-0.2, -0.15) is 13.2 Å². The highest BCUT2D eigenvalue weighted by atomic mass is 79.9. The third-order valence-corrected chi connectivity index (χ3v) is 3.12. The van der Waals surface area contributed by atoms with Crippen molar-refractivity contribution in [2.45, 2.75) is 11.6 Å². The summed E-state index contributed by atoms with van der Waals surface area (Å²) in [6.45, 7) is -1.52. The van der Waals surface area contributed by atoms with Crippen molar-refractivity contribution in [3.63, 3.8) is 0 Å². The van der Waals surface area contributed by atoms with Crippen molar-refractivity contribution in [2.75, 3.05) is 20.3 Å². The first-order valence-corrected chi connectivity index (χ1v) is 6.18. The van der Waals surface area contributed by atoms with Crippen LogP contribution in [-0.4, -0.2) is 26.5 Å². The lowest BCUT2D eigenvalue weighted by Crippen LogP contribution is -2.18. The van der Waals surface area contributed by atoms with Gasteiger partial charge in [0.1, 0.15) is 12.4 Å². The molecule has 0 amide bonds. The van der Waals surface area contributed by atoms with E-state index in [1.54, 1.807) is 18.2 Å². The molecule has 1 atom stereocenters. The molecule has 1 aromatic carbocycles. The van der Waals surface area contributed by atoms with Crippen molar-refractivity contribution < 1.29 is 22.6 Å². The van der Waals surface area contributed by atoms with Crippen LogP contribution in [0, 0.1) is 0 Å². The molecule has 0 aliphatic rings. The van der Waals surface area contributed by atoms with E-state index in [0.29, 0.717) is 15.8 Å². The molecule has 0 N–H and O–H groups in total. The molecule has 1 aromatic rings. The van der Waals surface area contributed by atoms with Crippen LogP contribution in [0.5, 0.6) is 5.75 Å². The normalized spacial score (nSPS) is 13.4. The number of ether oxygens (including phenoxy) is 2. The summed E-state index contributed by atoms with van der Waals surface area (Å²) in [5, 5.41) is -0.660. The molecule has 0 aliphatic heterocycles. The lowest BCUT2D eigenvalue weighted by Gasteiger charge is -2.14. The summed E-state index contributed by atoms with van der Waals surface area (Å²) in [6.07, 6.45) is -4.34. The fourth-order valence-electron chi connectivity index (χ4n) is 1.26. The summed E-state index contributed by atoms with van der Waals surface area (Å²) in [5.74, 6) is 0.630. The van der Waals surface area contributed by atoms with Gasteiger partial charge in [0.2, 0.25) is 0 Å². The number of rotatable bonds is 5. The molecule has 0 bridgehead atoms. The zero-order chi connectivity index (χ0) is 13.8. The van der Waals surface area contributed by atoms with E-state index in [9.17, 15) is 13.2 Å². The molecule has 102 valence electrons. The fraction of sp³-hybridized carbons (Fsp3) is 0.455. The molecule has 0 saturated heterocycles. The molecular formula is C11H11BrClF3O2. The van der Waals surface area contributed by atoms with Crippen LogP contribution in [0.1, 0.15) is 10.9 Å². The summed E-state index contributed by atoms with van der Waals surface area (Å²) in [5.41, 5.74) is 0.652. The third kappa shape index (κ3) is 5.04. The largest absolute Gasteiger partial charge is 0.497 e. The van der Waals surface area contributed by atoms with E-state index >= 15 is 0 Å². The second-order valence-electron chi connectivity index (χ2n) is 3.49. The first-order chi connectivity index (χ1) is 8.33. The van der Waals surface area contributed by atoms with Gasteiger partial charge < -0.3 is 9.47 Å². The fourth-order valence-corrected chi connectivity index (χ4v) is 2.30. The highest BCUT2D eigenvalue weighted by molar-refractivity contribution is 9.10. The SMILES string of the molecule is COc1ccc(C(Cl)COCC(F)(F)F)c(Br)c1. The molecule has 0 spiro atoms. The van der Waals surface area contributed by atoms with Crippen LogP contribution >= 0.6 is 27.5 Å². The van der Waals surface area contributed by atoms with Gasteiger partial charge in [-0.25, -0.2) is 0 Å². The highest BCUT2D eigenvalue weighted by Crippen LogP contribution is 2.31. The van der Waals surface area contributed by atoms with Gasteiger partial charge in [0, 0.05) is 4.47 Å². The molecule has 0 saturated carbocycles. The Balaban J connectivity index is 2.59. The standard InChI is InChI=1S/C11H11BrClF3O2/c1-17-7-2-3-8(9(12)4-7)10(13)5-18-6-11(14,15)16/h2-4,10H,5-6H2,1H3. The minimum absolute atomic E-state index is 0.216. The predicted molar refractivity (Wildman–Crippen MR) is 66.2 cm³/mol. The topological polar surface area (TPSA) is 18.5 Å². The van der Waals surface area contributed by atoms with E-state index in [-0.39, 0.29) is 6.61 Å². The maximum absolute atomic E-state index is 11.9. The van der Waals surface area contributed by atoms with Crippen LogP contribution in [0.3, 0.4) is 0 Å². The Morgan fingerprint density at radius 2 is 2.06 bits per heavy atom. The molecule has 2 nitrogen and oxygen atoms in total.